The van der Waals surface area contributed by atoms with Crippen molar-refractivity contribution in [3.05, 3.63) is 54.1 Å². The first-order chi connectivity index (χ1) is 16.6. The first-order valence-electron chi connectivity index (χ1n) is 12.8. The zero-order valence-electron chi connectivity index (χ0n) is 22.4. The maximum Gasteiger partial charge on any atom is 0.247 e. The van der Waals surface area contributed by atoms with Gasteiger partial charge in [-0.2, -0.15) is 0 Å². The summed E-state index contributed by atoms with van der Waals surface area (Å²) >= 11 is 0. The van der Waals surface area contributed by atoms with Crippen LogP contribution in [-0.4, -0.2) is 28.7 Å². The molecule has 3 saturated carbocycles. The van der Waals surface area contributed by atoms with Crippen molar-refractivity contribution in [3.63, 3.8) is 0 Å². The molecule has 0 atom stereocenters. The molecule has 5 rings (SSSR count). The van der Waals surface area contributed by atoms with Crippen LogP contribution >= 0.6 is 0 Å². The molecule has 2 aromatic rings. The third-order valence-corrected chi connectivity index (χ3v) is 7.09. The number of aliphatic imine (C=N–C) groups is 1. The number of allylic oxidation sites excluding steroid dienone is 1. The summed E-state index contributed by atoms with van der Waals surface area (Å²) in [7, 11) is 1.82. The average Bonchev–Trinajstić information content (AvgIpc) is 3.48. The summed E-state index contributed by atoms with van der Waals surface area (Å²) in [5.41, 5.74) is 6.14. The van der Waals surface area contributed by atoms with Crippen molar-refractivity contribution in [2.45, 2.75) is 85.0 Å². The highest BCUT2D eigenvalue weighted by molar-refractivity contribution is 5.98. The topological polar surface area (TPSA) is 68.3 Å². The third kappa shape index (κ3) is 7.35. The summed E-state index contributed by atoms with van der Waals surface area (Å²) in [5.74, 6) is 2.92. The Balaban J connectivity index is 0.000000166. The summed E-state index contributed by atoms with van der Waals surface area (Å²) in [6.07, 6.45) is 12.2. The molecule has 3 aliphatic carbocycles. The Labute approximate surface area is 210 Å². The molecule has 0 N–H and O–H groups in total. The van der Waals surface area contributed by atoms with Crippen LogP contribution < -0.4 is 0 Å². The van der Waals surface area contributed by atoms with Gasteiger partial charge in [0.05, 0.1) is 0 Å². The van der Waals surface area contributed by atoms with Crippen molar-refractivity contribution >= 4 is 11.5 Å². The predicted molar refractivity (Wildman–Crippen MR) is 143 cm³/mol. The Morgan fingerprint density at radius 2 is 1.80 bits per heavy atom. The molecule has 3 fully saturated rings. The van der Waals surface area contributed by atoms with Crippen molar-refractivity contribution in [3.8, 4) is 11.5 Å². The molecule has 0 radical (unpaired) electrons. The van der Waals surface area contributed by atoms with Gasteiger partial charge in [-0.1, -0.05) is 52.8 Å². The van der Waals surface area contributed by atoms with Crippen molar-refractivity contribution in [2.24, 2.45) is 22.2 Å². The van der Waals surface area contributed by atoms with E-state index in [1.54, 1.807) is 44.7 Å². The van der Waals surface area contributed by atoms with Gasteiger partial charge in [-0.3, -0.25) is 9.79 Å². The summed E-state index contributed by atoms with van der Waals surface area (Å²) in [6, 6.07) is 7.16. The molecule has 1 heterocycles. The zero-order valence-corrected chi connectivity index (χ0v) is 22.4. The van der Waals surface area contributed by atoms with E-state index in [0.717, 1.165) is 28.5 Å². The highest BCUT2D eigenvalue weighted by Crippen LogP contribution is 2.58. The second-order valence-corrected chi connectivity index (χ2v) is 11.4. The molecule has 5 heteroatoms. The lowest BCUT2D eigenvalue weighted by Gasteiger charge is -2.53. The maximum atomic E-state index is 11.2. The molecular weight excluding hydrogens is 434 g/mol. The molecular formula is C30H41N3O2. The van der Waals surface area contributed by atoms with Crippen LogP contribution in [0.2, 0.25) is 0 Å². The second-order valence-electron chi connectivity index (χ2n) is 11.4. The number of benzene rings is 1. The van der Waals surface area contributed by atoms with Gasteiger partial charge < -0.3 is 4.42 Å². The van der Waals surface area contributed by atoms with Crippen LogP contribution in [0.5, 0.6) is 0 Å². The molecule has 188 valence electrons. The van der Waals surface area contributed by atoms with Crippen LogP contribution in [0.25, 0.3) is 11.5 Å². The third-order valence-electron chi connectivity index (χ3n) is 7.09. The largest absolute Gasteiger partial charge is 0.420 e. The molecule has 0 aliphatic heterocycles. The molecule has 1 aromatic heterocycles. The normalized spacial score (nSPS) is 18.6. The standard InChI is InChI=1S/C14H16N2O2.C8H11N.C8H14/c1-9(17)10-5-7-11(8-6-10)12-15-16-13(18-12)14(2,3)4;1-3-4-8(9-2)7-5-6-7;1-7-5-8(6-7)3-2-4-8/h5-8H,1-4H3;4,7H,1,5-6H2,2H3;7H,2-6H2,1H3. The van der Waals surface area contributed by atoms with E-state index in [2.05, 4.69) is 34.4 Å². The lowest BCUT2D eigenvalue weighted by atomic mass is 9.52. The van der Waals surface area contributed by atoms with E-state index >= 15 is 0 Å². The van der Waals surface area contributed by atoms with Gasteiger partial charge in [-0.15, -0.1) is 15.9 Å². The van der Waals surface area contributed by atoms with Gasteiger partial charge in [-0.25, -0.2) is 0 Å². The van der Waals surface area contributed by atoms with Gasteiger partial charge in [0, 0.05) is 41.3 Å². The number of Topliss-reactive ketones (excluding diaryl/α,β-unsaturated/α-hetero) is 1. The van der Waals surface area contributed by atoms with Crippen molar-refractivity contribution < 1.29 is 9.21 Å². The minimum absolute atomic E-state index is 0.0439. The number of hydrogen-bond acceptors (Lipinski definition) is 5. The minimum atomic E-state index is -0.162. The highest BCUT2D eigenvalue weighted by atomic mass is 16.4. The quantitative estimate of drug-likeness (QED) is 0.259. The van der Waals surface area contributed by atoms with Crippen molar-refractivity contribution in [2.75, 3.05) is 7.05 Å². The molecule has 5 nitrogen and oxygen atoms in total. The molecule has 0 saturated heterocycles. The monoisotopic (exact) mass is 475 g/mol. The van der Waals surface area contributed by atoms with Crippen LogP contribution in [0.1, 0.15) is 95.8 Å². The van der Waals surface area contributed by atoms with Crippen LogP contribution in [0.3, 0.4) is 0 Å². The fourth-order valence-corrected chi connectivity index (χ4v) is 4.84. The smallest absolute Gasteiger partial charge is 0.247 e. The lowest BCUT2D eigenvalue weighted by Crippen LogP contribution is -2.41. The van der Waals surface area contributed by atoms with E-state index in [1.165, 1.54) is 19.3 Å². The molecule has 0 bridgehead atoms. The molecule has 3 aliphatic rings. The lowest BCUT2D eigenvalue weighted by molar-refractivity contribution is -0.0161. The van der Waals surface area contributed by atoms with Gasteiger partial charge in [0.15, 0.2) is 5.78 Å². The minimum Gasteiger partial charge on any atom is -0.420 e. The van der Waals surface area contributed by atoms with E-state index in [1.807, 2.05) is 46.0 Å². The van der Waals surface area contributed by atoms with E-state index < -0.39 is 0 Å². The molecule has 0 unspecified atom stereocenters. The van der Waals surface area contributed by atoms with Crippen molar-refractivity contribution in [1.29, 1.82) is 0 Å². The second kappa shape index (κ2) is 11.3. The van der Waals surface area contributed by atoms with Gasteiger partial charge in [0.2, 0.25) is 11.8 Å². The van der Waals surface area contributed by atoms with E-state index in [-0.39, 0.29) is 11.2 Å². The number of aromatic nitrogens is 2. The SMILES string of the molecule is C=C=CC(=NC)C1CC1.CC(=O)c1ccc(-c2nnc(C(C)(C)C)o2)cc1.CC1CC2(CCC2)C1. The number of carbonyl (C=O) groups excluding carboxylic acids is 1. The van der Waals surface area contributed by atoms with Crippen LogP contribution in [0.15, 0.2) is 52.1 Å². The predicted octanol–water partition coefficient (Wildman–Crippen LogP) is 7.63. The van der Waals surface area contributed by atoms with E-state index in [4.69, 9.17) is 4.42 Å². The van der Waals surface area contributed by atoms with Gasteiger partial charge in [0.1, 0.15) is 0 Å². The van der Waals surface area contributed by atoms with Gasteiger partial charge in [-0.05, 0) is 68.9 Å². The molecule has 0 amide bonds. The Morgan fingerprint density at radius 3 is 2.14 bits per heavy atom. The number of hydrogen-bond donors (Lipinski definition) is 0. The van der Waals surface area contributed by atoms with Gasteiger partial charge in [0.25, 0.3) is 0 Å². The fraction of sp³-hybridized carbons (Fsp3) is 0.567. The number of nitrogens with zero attached hydrogens (tertiary/aromatic N) is 3. The number of ketones is 1. The first kappa shape index (κ1) is 26.8. The number of carbonyl (C=O) groups is 1. The molecule has 1 aromatic carbocycles. The summed E-state index contributed by atoms with van der Waals surface area (Å²) in [6.45, 7) is 13.5. The fourth-order valence-electron chi connectivity index (χ4n) is 4.84. The number of rotatable bonds is 4. The van der Waals surface area contributed by atoms with Crippen LogP contribution in [0.4, 0.5) is 0 Å². The van der Waals surface area contributed by atoms with Gasteiger partial charge >= 0.3 is 0 Å². The van der Waals surface area contributed by atoms with Crippen molar-refractivity contribution in [1.82, 2.24) is 10.2 Å². The van der Waals surface area contributed by atoms with E-state index in [9.17, 15) is 4.79 Å². The zero-order chi connectivity index (χ0) is 25.6. The average molecular weight is 476 g/mol. The van der Waals surface area contributed by atoms with Crippen LogP contribution in [0, 0.1) is 17.3 Å². The Morgan fingerprint density at radius 1 is 1.17 bits per heavy atom. The maximum absolute atomic E-state index is 11.2. The Kier molecular flexibility index (Phi) is 8.66. The van der Waals surface area contributed by atoms with E-state index in [0.29, 0.717) is 17.3 Å². The molecule has 1 spiro atoms. The van der Waals surface area contributed by atoms with Crippen LogP contribution in [-0.2, 0) is 5.41 Å². The highest BCUT2D eigenvalue weighted by Gasteiger charge is 2.45. The Bertz CT molecular complexity index is 1070. The summed E-state index contributed by atoms with van der Waals surface area (Å²) < 4.78 is 5.63. The Hall–Kier alpha value is -2.78. The first-order valence-corrected chi connectivity index (χ1v) is 12.8. The summed E-state index contributed by atoms with van der Waals surface area (Å²) in [4.78, 5) is 15.3. The summed E-state index contributed by atoms with van der Waals surface area (Å²) in [5, 5.41) is 8.06. The molecule has 35 heavy (non-hydrogen) atoms.